The van der Waals surface area contributed by atoms with Crippen molar-refractivity contribution in [1.82, 2.24) is 9.78 Å². The largest absolute Gasteiger partial charge is 0.370 e. The van der Waals surface area contributed by atoms with Crippen LogP contribution in [0.1, 0.15) is 24.0 Å². The van der Waals surface area contributed by atoms with Gasteiger partial charge in [0.2, 0.25) is 0 Å². The molecular formula is C22H25N3. The van der Waals surface area contributed by atoms with Gasteiger partial charge in [-0.2, -0.15) is 5.10 Å². The normalized spacial score (nSPS) is 13.9. The van der Waals surface area contributed by atoms with Crippen LogP contribution in [0.15, 0.2) is 48.5 Å². The van der Waals surface area contributed by atoms with Gasteiger partial charge in [-0.15, -0.1) is 0 Å². The zero-order valence-corrected chi connectivity index (χ0v) is 15.2. The highest BCUT2D eigenvalue weighted by Gasteiger charge is 2.21. The molecule has 3 nitrogen and oxygen atoms in total. The summed E-state index contributed by atoms with van der Waals surface area (Å²) in [5, 5.41) is 8.18. The second-order valence-corrected chi connectivity index (χ2v) is 7.24. The Kier molecular flexibility index (Phi) is 4.08. The molecule has 1 heterocycles. The highest BCUT2D eigenvalue weighted by molar-refractivity contribution is 5.70. The topological polar surface area (TPSA) is 29.9 Å². The third-order valence-electron chi connectivity index (χ3n) is 5.17. The maximum atomic E-state index is 4.66. The highest BCUT2D eigenvalue weighted by Crippen LogP contribution is 2.30. The van der Waals surface area contributed by atoms with Gasteiger partial charge in [0.05, 0.1) is 5.69 Å². The van der Waals surface area contributed by atoms with Crippen LogP contribution in [-0.4, -0.2) is 16.3 Å². The van der Waals surface area contributed by atoms with E-state index in [1.165, 1.54) is 35.1 Å². The summed E-state index contributed by atoms with van der Waals surface area (Å²) in [4.78, 5) is 0. The molecule has 4 rings (SSSR count). The fourth-order valence-corrected chi connectivity index (χ4v) is 3.10. The number of nitrogens with one attached hydrogen (secondary N) is 1. The third-order valence-corrected chi connectivity index (χ3v) is 5.17. The summed E-state index contributed by atoms with van der Waals surface area (Å²) in [5.41, 5.74) is 7.35. The van der Waals surface area contributed by atoms with E-state index in [1.807, 2.05) is 11.7 Å². The minimum atomic E-state index is 0.857. The summed E-state index contributed by atoms with van der Waals surface area (Å²) in [6.07, 6.45) is 2.72. The third kappa shape index (κ3) is 3.46. The first-order valence-electron chi connectivity index (χ1n) is 9.06. The van der Waals surface area contributed by atoms with Gasteiger partial charge >= 0.3 is 0 Å². The first-order chi connectivity index (χ1) is 12.1. The standard InChI is InChI=1S/C22H25N3/c1-15-4-7-20(12-16(15)2)18-8-10-19(11-9-18)21-13-22(25(3)24-21)23-14-17-5-6-17/h4,7-13,17,23H,5-6,14H2,1-3H3. The van der Waals surface area contributed by atoms with E-state index in [2.05, 4.69) is 72.8 Å². The van der Waals surface area contributed by atoms with Crippen molar-refractivity contribution in [3.8, 4) is 22.4 Å². The van der Waals surface area contributed by atoms with Crippen molar-refractivity contribution in [1.29, 1.82) is 0 Å². The summed E-state index contributed by atoms with van der Waals surface area (Å²) >= 11 is 0. The number of benzene rings is 2. The Bertz CT molecular complexity index is 886. The van der Waals surface area contributed by atoms with Crippen LogP contribution in [0.25, 0.3) is 22.4 Å². The first-order valence-corrected chi connectivity index (χ1v) is 9.06. The molecule has 3 heteroatoms. The van der Waals surface area contributed by atoms with Crippen LogP contribution in [0, 0.1) is 19.8 Å². The molecule has 1 aliphatic rings. The van der Waals surface area contributed by atoms with Gasteiger partial charge in [-0.25, -0.2) is 0 Å². The summed E-state index contributed by atoms with van der Waals surface area (Å²) in [6.45, 7) is 5.38. The molecule has 128 valence electrons. The maximum absolute atomic E-state index is 4.66. The predicted octanol–water partition coefficient (Wildman–Crippen LogP) is 5.19. The van der Waals surface area contributed by atoms with Crippen LogP contribution in [0.4, 0.5) is 5.82 Å². The second kappa shape index (κ2) is 6.40. The lowest BCUT2D eigenvalue weighted by Gasteiger charge is -2.06. The number of nitrogens with zero attached hydrogens (tertiary/aromatic N) is 2. The fraction of sp³-hybridized carbons (Fsp3) is 0.318. The molecule has 0 amide bonds. The fourth-order valence-electron chi connectivity index (χ4n) is 3.10. The lowest BCUT2D eigenvalue weighted by atomic mass is 9.99. The summed E-state index contributed by atoms with van der Waals surface area (Å²) in [7, 11) is 2.00. The van der Waals surface area contributed by atoms with Crippen LogP contribution in [0.3, 0.4) is 0 Å². The Labute approximate surface area is 149 Å². The SMILES string of the molecule is Cc1ccc(-c2ccc(-c3cc(NCC4CC4)n(C)n3)cc2)cc1C. The van der Waals surface area contributed by atoms with Crippen molar-refractivity contribution < 1.29 is 0 Å². The molecule has 1 N–H and O–H groups in total. The van der Waals surface area contributed by atoms with Crippen molar-refractivity contribution in [3.05, 3.63) is 59.7 Å². The van der Waals surface area contributed by atoms with Crippen molar-refractivity contribution in [2.45, 2.75) is 26.7 Å². The highest BCUT2D eigenvalue weighted by atomic mass is 15.3. The lowest BCUT2D eigenvalue weighted by Crippen LogP contribution is -2.07. The van der Waals surface area contributed by atoms with Gasteiger partial charge in [0.25, 0.3) is 0 Å². The average molecular weight is 331 g/mol. The van der Waals surface area contributed by atoms with Crippen LogP contribution in [-0.2, 0) is 7.05 Å². The van der Waals surface area contributed by atoms with Gasteiger partial charge < -0.3 is 5.32 Å². The van der Waals surface area contributed by atoms with Gasteiger partial charge in [0.15, 0.2) is 0 Å². The molecule has 0 saturated heterocycles. The van der Waals surface area contributed by atoms with E-state index >= 15 is 0 Å². The molecule has 0 atom stereocenters. The monoisotopic (exact) mass is 331 g/mol. The van der Waals surface area contributed by atoms with E-state index < -0.39 is 0 Å². The Morgan fingerprint density at radius 1 is 0.920 bits per heavy atom. The molecule has 0 bridgehead atoms. The van der Waals surface area contributed by atoms with E-state index in [0.29, 0.717) is 0 Å². The minimum absolute atomic E-state index is 0.857. The van der Waals surface area contributed by atoms with Gasteiger partial charge in [-0.1, -0.05) is 42.5 Å². The molecule has 3 aromatic rings. The summed E-state index contributed by atoms with van der Waals surface area (Å²) in [5.74, 6) is 1.95. The summed E-state index contributed by atoms with van der Waals surface area (Å²) < 4.78 is 1.94. The van der Waals surface area contributed by atoms with E-state index in [1.54, 1.807) is 0 Å². The van der Waals surface area contributed by atoms with Crippen LogP contribution >= 0.6 is 0 Å². The Balaban J connectivity index is 1.55. The number of rotatable bonds is 5. The van der Waals surface area contributed by atoms with Crippen molar-refractivity contribution in [2.24, 2.45) is 13.0 Å². The first kappa shape index (κ1) is 15.9. The molecule has 1 aliphatic carbocycles. The summed E-state index contributed by atoms with van der Waals surface area (Å²) in [6, 6.07) is 17.5. The van der Waals surface area contributed by atoms with E-state index in [-0.39, 0.29) is 0 Å². The van der Waals surface area contributed by atoms with Crippen molar-refractivity contribution in [3.63, 3.8) is 0 Å². The Hall–Kier alpha value is -2.55. The van der Waals surface area contributed by atoms with Gasteiger partial charge in [-0.05, 0) is 54.9 Å². The molecule has 0 radical (unpaired) electrons. The maximum Gasteiger partial charge on any atom is 0.124 e. The molecule has 1 saturated carbocycles. The van der Waals surface area contributed by atoms with Crippen LogP contribution in [0.2, 0.25) is 0 Å². The van der Waals surface area contributed by atoms with Crippen LogP contribution < -0.4 is 5.32 Å². The molecular weight excluding hydrogens is 306 g/mol. The second-order valence-electron chi connectivity index (χ2n) is 7.24. The molecule has 1 fully saturated rings. The molecule has 0 aliphatic heterocycles. The van der Waals surface area contributed by atoms with Crippen molar-refractivity contribution >= 4 is 5.82 Å². The van der Waals surface area contributed by atoms with Crippen LogP contribution in [0.5, 0.6) is 0 Å². The van der Waals surface area contributed by atoms with Gasteiger partial charge in [0.1, 0.15) is 5.82 Å². The number of aromatic nitrogens is 2. The predicted molar refractivity (Wildman–Crippen MR) is 105 cm³/mol. The van der Waals surface area contributed by atoms with E-state index in [9.17, 15) is 0 Å². The van der Waals surface area contributed by atoms with E-state index in [4.69, 9.17) is 0 Å². The zero-order valence-electron chi connectivity index (χ0n) is 15.2. The van der Waals surface area contributed by atoms with E-state index in [0.717, 1.165) is 29.5 Å². The van der Waals surface area contributed by atoms with Crippen molar-refractivity contribution in [2.75, 3.05) is 11.9 Å². The Morgan fingerprint density at radius 3 is 2.28 bits per heavy atom. The molecule has 1 aromatic heterocycles. The zero-order chi connectivity index (χ0) is 17.4. The number of anilines is 1. The lowest BCUT2D eigenvalue weighted by molar-refractivity contribution is 0.762. The van der Waals surface area contributed by atoms with Gasteiger partial charge in [-0.3, -0.25) is 4.68 Å². The average Bonchev–Trinajstić information content (AvgIpc) is 3.38. The quantitative estimate of drug-likeness (QED) is 0.697. The molecule has 0 spiro atoms. The molecule has 25 heavy (non-hydrogen) atoms. The number of hydrogen-bond acceptors (Lipinski definition) is 2. The smallest absolute Gasteiger partial charge is 0.124 e. The van der Waals surface area contributed by atoms with Gasteiger partial charge in [0, 0.05) is 25.2 Å². The molecule has 2 aromatic carbocycles. The minimum Gasteiger partial charge on any atom is -0.370 e. The Morgan fingerprint density at radius 2 is 1.60 bits per heavy atom. The number of aryl methyl sites for hydroxylation is 3. The molecule has 0 unspecified atom stereocenters. The number of hydrogen-bond donors (Lipinski definition) is 1.